The van der Waals surface area contributed by atoms with Gasteiger partial charge >= 0.3 is 0 Å². The van der Waals surface area contributed by atoms with Gasteiger partial charge in [-0.2, -0.15) is 5.10 Å². The number of hydrogen-bond acceptors (Lipinski definition) is 3. The highest BCUT2D eigenvalue weighted by molar-refractivity contribution is 5.72. The topological polar surface area (TPSA) is 61.0 Å². The van der Waals surface area contributed by atoms with E-state index >= 15 is 0 Å². The van der Waals surface area contributed by atoms with Crippen LogP contribution in [0.1, 0.15) is 12.5 Å². The lowest BCUT2D eigenvalue weighted by atomic mass is 10.1. The molecule has 0 radical (unpaired) electrons. The van der Waals surface area contributed by atoms with E-state index in [4.69, 9.17) is 0 Å². The van der Waals surface area contributed by atoms with Crippen LogP contribution in [-0.4, -0.2) is 14.7 Å². The number of nitrogens with zero attached hydrogens (tertiary/aromatic N) is 3. The summed E-state index contributed by atoms with van der Waals surface area (Å²) in [6, 6.07) is 15.3. The summed E-state index contributed by atoms with van der Waals surface area (Å²) in [5, 5.41) is 15.5. The van der Waals surface area contributed by atoms with Gasteiger partial charge in [0.1, 0.15) is 11.5 Å². The van der Waals surface area contributed by atoms with Crippen LogP contribution in [0.5, 0.6) is 0 Å². The Morgan fingerprint density at radius 2 is 1.83 bits per heavy atom. The van der Waals surface area contributed by atoms with Crippen molar-refractivity contribution in [3.05, 3.63) is 88.0 Å². The number of allylic oxidation sites excluding steroid dienone is 1. The number of nitro groups is 1. The van der Waals surface area contributed by atoms with Crippen molar-refractivity contribution in [3.8, 4) is 16.9 Å². The van der Waals surface area contributed by atoms with E-state index in [0.29, 0.717) is 16.8 Å². The maximum atomic E-state index is 13.2. The smallest absolute Gasteiger partial charge is 0.243 e. The summed E-state index contributed by atoms with van der Waals surface area (Å²) < 4.78 is 14.8. The lowest BCUT2D eigenvalue weighted by Gasteiger charge is -2.00. The molecular formula is C18H14FN3O2. The molecule has 0 N–H and O–H groups in total. The minimum absolute atomic E-state index is 0.00553. The van der Waals surface area contributed by atoms with Gasteiger partial charge in [0.2, 0.25) is 5.70 Å². The van der Waals surface area contributed by atoms with Crippen LogP contribution in [0.2, 0.25) is 0 Å². The second-order valence-corrected chi connectivity index (χ2v) is 5.26. The lowest BCUT2D eigenvalue weighted by molar-refractivity contribution is -0.422. The SMILES string of the molecule is CC(=Cc1cn(-c2ccccc2)nc1-c1ccc(F)cc1)[N+](=O)[O-]. The molecule has 1 heterocycles. The molecular weight excluding hydrogens is 309 g/mol. The van der Waals surface area contributed by atoms with Crippen LogP contribution in [0.15, 0.2) is 66.5 Å². The Labute approximate surface area is 137 Å². The molecule has 6 heteroatoms. The van der Waals surface area contributed by atoms with Crippen molar-refractivity contribution in [2.75, 3.05) is 0 Å². The highest BCUT2D eigenvalue weighted by atomic mass is 19.1. The Balaban J connectivity index is 2.15. The van der Waals surface area contributed by atoms with Gasteiger partial charge in [-0.15, -0.1) is 0 Å². The van der Waals surface area contributed by atoms with Crippen molar-refractivity contribution < 1.29 is 9.31 Å². The van der Waals surface area contributed by atoms with Crippen molar-refractivity contribution in [3.63, 3.8) is 0 Å². The van der Waals surface area contributed by atoms with Crippen LogP contribution in [-0.2, 0) is 0 Å². The summed E-state index contributed by atoms with van der Waals surface area (Å²) in [4.78, 5) is 10.5. The zero-order chi connectivity index (χ0) is 17.1. The molecule has 0 aliphatic rings. The van der Waals surface area contributed by atoms with Crippen molar-refractivity contribution in [2.24, 2.45) is 0 Å². The molecule has 0 spiro atoms. The van der Waals surface area contributed by atoms with E-state index in [2.05, 4.69) is 5.10 Å². The molecule has 3 aromatic rings. The first kappa shape index (κ1) is 15.6. The molecule has 0 bridgehead atoms. The van der Waals surface area contributed by atoms with Crippen LogP contribution >= 0.6 is 0 Å². The zero-order valence-electron chi connectivity index (χ0n) is 12.9. The zero-order valence-corrected chi connectivity index (χ0v) is 12.9. The third-order valence-electron chi connectivity index (χ3n) is 3.53. The molecule has 0 fully saturated rings. The molecule has 0 amide bonds. The van der Waals surface area contributed by atoms with Gasteiger partial charge in [-0.1, -0.05) is 18.2 Å². The third-order valence-corrected chi connectivity index (χ3v) is 3.53. The Hall–Kier alpha value is -3.28. The predicted molar refractivity (Wildman–Crippen MR) is 89.6 cm³/mol. The summed E-state index contributed by atoms with van der Waals surface area (Å²) in [6.07, 6.45) is 3.19. The summed E-state index contributed by atoms with van der Waals surface area (Å²) in [7, 11) is 0. The van der Waals surface area contributed by atoms with Gasteiger partial charge in [0.05, 0.1) is 10.6 Å². The van der Waals surface area contributed by atoms with E-state index in [-0.39, 0.29) is 11.5 Å². The maximum absolute atomic E-state index is 13.2. The maximum Gasteiger partial charge on any atom is 0.243 e. The fourth-order valence-corrected chi connectivity index (χ4v) is 2.32. The predicted octanol–water partition coefficient (Wildman–Crippen LogP) is 4.32. The number of hydrogen-bond donors (Lipinski definition) is 0. The number of benzene rings is 2. The van der Waals surface area contributed by atoms with Crippen molar-refractivity contribution in [1.29, 1.82) is 0 Å². The molecule has 1 aromatic heterocycles. The molecule has 0 saturated carbocycles. The van der Waals surface area contributed by atoms with Gasteiger partial charge in [-0.05, 0) is 36.4 Å². The minimum Gasteiger partial charge on any atom is -0.259 e. The number of para-hydroxylation sites is 1. The molecule has 0 saturated heterocycles. The Morgan fingerprint density at radius 1 is 1.17 bits per heavy atom. The van der Waals surface area contributed by atoms with E-state index in [1.54, 1.807) is 23.0 Å². The Bertz CT molecular complexity index is 900. The molecule has 120 valence electrons. The van der Waals surface area contributed by atoms with Gasteiger partial charge in [-0.3, -0.25) is 10.1 Å². The monoisotopic (exact) mass is 323 g/mol. The fraction of sp³-hybridized carbons (Fsp3) is 0.0556. The van der Waals surface area contributed by atoms with Crippen LogP contribution in [0.4, 0.5) is 4.39 Å². The van der Waals surface area contributed by atoms with Crippen molar-refractivity contribution in [2.45, 2.75) is 6.92 Å². The molecule has 0 unspecified atom stereocenters. The first-order valence-electron chi connectivity index (χ1n) is 7.28. The van der Waals surface area contributed by atoms with Crippen LogP contribution < -0.4 is 0 Å². The second kappa shape index (κ2) is 6.45. The summed E-state index contributed by atoms with van der Waals surface area (Å²) >= 11 is 0. The summed E-state index contributed by atoms with van der Waals surface area (Å²) in [6.45, 7) is 1.42. The van der Waals surface area contributed by atoms with Gasteiger partial charge in [0.15, 0.2) is 0 Å². The molecule has 2 aromatic carbocycles. The third kappa shape index (κ3) is 3.22. The standard InChI is InChI=1S/C18H14FN3O2/c1-13(22(23)24)11-15-12-21(17-5-3-2-4-6-17)20-18(15)14-7-9-16(19)10-8-14/h2-12H,1H3. The number of rotatable bonds is 4. The van der Waals surface area contributed by atoms with E-state index in [9.17, 15) is 14.5 Å². The largest absolute Gasteiger partial charge is 0.259 e. The molecule has 0 aliphatic carbocycles. The van der Waals surface area contributed by atoms with E-state index in [0.717, 1.165) is 5.69 Å². The van der Waals surface area contributed by atoms with Crippen molar-refractivity contribution >= 4 is 6.08 Å². The highest BCUT2D eigenvalue weighted by Crippen LogP contribution is 2.26. The quantitative estimate of drug-likeness (QED) is 0.531. The van der Waals surface area contributed by atoms with Crippen molar-refractivity contribution in [1.82, 2.24) is 9.78 Å². The van der Waals surface area contributed by atoms with Crippen LogP contribution in [0, 0.1) is 15.9 Å². The van der Waals surface area contributed by atoms with E-state index in [1.807, 2.05) is 30.3 Å². The first-order valence-corrected chi connectivity index (χ1v) is 7.28. The summed E-state index contributed by atoms with van der Waals surface area (Å²) in [5.74, 6) is -0.347. The van der Waals surface area contributed by atoms with Gasteiger partial charge < -0.3 is 0 Å². The normalized spacial score (nSPS) is 11.5. The fourth-order valence-electron chi connectivity index (χ4n) is 2.32. The molecule has 0 aliphatic heterocycles. The van der Waals surface area contributed by atoms with Crippen LogP contribution in [0.25, 0.3) is 23.0 Å². The van der Waals surface area contributed by atoms with Crippen LogP contribution in [0.3, 0.4) is 0 Å². The minimum atomic E-state index is -0.450. The second-order valence-electron chi connectivity index (χ2n) is 5.26. The highest BCUT2D eigenvalue weighted by Gasteiger charge is 2.13. The van der Waals surface area contributed by atoms with E-state index < -0.39 is 4.92 Å². The van der Waals surface area contributed by atoms with E-state index in [1.165, 1.54) is 25.1 Å². The average molecular weight is 323 g/mol. The number of halogens is 1. The molecule has 5 nitrogen and oxygen atoms in total. The first-order chi connectivity index (χ1) is 11.5. The number of aromatic nitrogens is 2. The molecule has 3 rings (SSSR count). The summed E-state index contributed by atoms with van der Waals surface area (Å²) in [5.41, 5.74) is 2.68. The lowest BCUT2D eigenvalue weighted by Crippen LogP contribution is -1.94. The van der Waals surface area contributed by atoms with Gasteiger partial charge in [0.25, 0.3) is 0 Å². The Kier molecular flexibility index (Phi) is 4.20. The molecule has 24 heavy (non-hydrogen) atoms. The molecule has 0 atom stereocenters. The average Bonchev–Trinajstić information content (AvgIpc) is 3.00. The Morgan fingerprint density at radius 3 is 2.46 bits per heavy atom. The van der Waals surface area contributed by atoms with Gasteiger partial charge in [0, 0.05) is 30.3 Å². The van der Waals surface area contributed by atoms with Gasteiger partial charge in [-0.25, -0.2) is 9.07 Å².